The molecule has 0 heterocycles. The van der Waals surface area contributed by atoms with Crippen LogP contribution in [-0.2, 0) is 0 Å². The van der Waals surface area contributed by atoms with Crippen LogP contribution in [0.5, 0.6) is 5.75 Å². The second-order valence-electron chi connectivity index (χ2n) is 1.92. The van der Waals surface area contributed by atoms with Crippen molar-refractivity contribution in [2.75, 3.05) is 0 Å². The quantitative estimate of drug-likeness (QED) is 0.408. The van der Waals surface area contributed by atoms with E-state index in [0.717, 1.165) is 0 Å². The van der Waals surface area contributed by atoms with Gasteiger partial charge in [0.2, 0.25) is 0 Å². The van der Waals surface area contributed by atoms with Gasteiger partial charge in [-0.15, -0.1) is 0 Å². The van der Waals surface area contributed by atoms with Gasteiger partial charge in [-0.1, -0.05) is 58.0 Å². The van der Waals surface area contributed by atoms with Gasteiger partial charge in [-0.2, -0.15) is 0 Å². The van der Waals surface area contributed by atoms with Crippen LogP contribution in [0.3, 0.4) is 0 Å². The Morgan fingerprint density at radius 3 is 1.15 bits per heavy atom. The number of benzene rings is 1. The molecule has 0 radical (unpaired) electrons. The third-order valence-electron chi connectivity index (χ3n) is 1.19. The third kappa shape index (κ3) is 2.65. The Balaban J connectivity index is 0.00000144. The van der Waals surface area contributed by atoms with Crippen LogP contribution in [0.25, 0.3) is 0 Å². The molecule has 1 rings (SSSR count). The van der Waals surface area contributed by atoms with Crippen molar-refractivity contribution < 1.29 is 5.11 Å². The Hall–Kier alpha value is 1.29. The van der Waals surface area contributed by atoms with Crippen LogP contribution >= 0.6 is 58.0 Å². The fraction of sp³-hybridized carbons (Fsp3) is 0. The zero-order valence-electron chi connectivity index (χ0n) is 6.04. The fourth-order valence-electron chi connectivity index (χ4n) is 0.593. The van der Waals surface area contributed by atoms with Crippen molar-refractivity contribution in [3.8, 4) is 5.75 Å². The Labute approximate surface area is 117 Å². The summed E-state index contributed by atoms with van der Waals surface area (Å²) in [5.74, 6) is -0.363. The van der Waals surface area contributed by atoms with Crippen molar-refractivity contribution in [1.82, 2.24) is 0 Å². The van der Waals surface area contributed by atoms with Gasteiger partial charge < -0.3 is 5.11 Å². The van der Waals surface area contributed by atoms with Crippen LogP contribution in [-0.4, -0.2) is 29.5 Å². The van der Waals surface area contributed by atoms with Crippen LogP contribution in [0.1, 0.15) is 0 Å². The van der Waals surface area contributed by atoms with Crippen LogP contribution in [0.15, 0.2) is 0 Å². The van der Waals surface area contributed by atoms with Gasteiger partial charge in [0.1, 0.15) is 10.0 Å². The number of hydrogen-bond donors (Lipinski definition) is 1. The third-order valence-corrected chi connectivity index (χ3v) is 3.44. The van der Waals surface area contributed by atoms with Crippen LogP contribution in [0.4, 0.5) is 0 Å². The summed E-state index contributed by atoms with van der Waals surface area (Å²) < 4.78 is 0. The number of rotatable bonds is 0. The second kappa shape index (κ2) is 5.39. The molecule has 1 N–H and O–H groups in total. The molecule has 1 nitrogen and oxygen atoms in total. The SMILES string of the molecule is Oc1c(Cl)c(Cl)c(Cl)c(Cl)c1Cl.[SbH3]. The summed E-state index contributed by atoms with van der Waals surface area (Å²) in [5, 5.41) is 9.01. The molecule has 0 spiro atoms. The molecule has 0 aliphatic heterocycles. The Bertz CT molecular complexity index is 235. The second-order valence-corrected chi connectivity index (χ2v) is 3.81. The molecule has 74 valence electrons. The molecule has 0 bridgehead atoms. The van der Waals surface area contributed by atoms with Crippen molar-refractivity contribution in [2.45, 2.75) is 0 Å². The molecule has 0 atom stereocenters. The molecule has 0 saturated carbocycles. The molecule has 0 saturated heterocycles. The number of halogens is 5. The summed E-state index contributed by atoms with van der Waals surface area (Å²) in [4.78, 5) is 0. The van der Waals surface area contributed by atoms with E-state index in [-0.39, 0.29) is 55.3 Å². The first-order valence-electron chi connectivity index (χ1n) is 2.67. The van der Waals surface area contributed by atoms with Gasteiger partial charge in [-0.25, -0.2) is 0 Å². The summed E-state index contributed by atoms with van der Waals surface area (Å²) in [5.41, 5.74) is 0. The molecule has 0 fully saturated rings. The monoisotopic (exact) mass is 388 g/mol. The maximum atomic E-state index is 9.20. The topological polar surface area (TPSA) is 20.2 Å². The predicted molar refractivity (Wildman–Crippen MR) is 63.1 cm³/mol. The minimum absolute atomic E-state index is 0. The maximum absolute atomic E-state index is 9.20. The summed E-state index contributed by atoms with van der Waals surface area (Å²) in [6, 6.07) is 0. The number of hydrogen-bond acceptors (Lipinski definition) is 1. The summed E-state index contributed by atoms with van der Waals surface area (Å²) in [7, 11) is 0. The van der Waals surface area contributed by atoms with E-state index >= 15 is 0 Å². The zero-order chi connectivity index (χ0) is 9.46. The van der Waals surface area contributed by atoms with Crippen molar-refractivity contribution in [3.05, 3.63) is 25.1 Å². The number of aromatic hydroxyl groups is 1. The van der Waals surface area contributed by atoms with Gasteiger partial charge >= 0.3 is 24.4 Å². The van der Waals surface area contributed by atoms with Gasteiger partial charge in [0.05, 0.1) is 15.1 Å². The van der Waals surface area contributed by atoms with Crippen molar-refractivity contribution in [1.29, 1.82) is 0 Å². The number of phenols is 1. The molecule has 0 unspecified atom stereocenters. The van der Waals surface area contributed by atoms with Crippen LogP contribution in [0.2, 0.25) is 25.1 Å². The van der Waals surface area contributed by atoms with Crippen molar-refractivity contribution >= 4 is 82.4 Å². The van der Waals surface area contributed by atoms with E-state index in [1.165, 1.54) is 0 Å². The minimum atomic E-state index is -0.363. The molecule has 0 amide bonds. The normalized spacial score (nSPS) is 9.62. The Morgan fingerprint density at radius 1 is 0.615 bits per heavy atom. The molecular weight excluding hydrogens is 387 g/mol. The first-order valence-corrected chi connectivity index (χ1v) is 4.56. The van der Waals surface area contributed by atoms with Crippen molar-refractivity contribution in [3.63, 3.8) is 0 Å². The van der Waals surface area contributed by atoms with Gasteiger partial charge in [0.15, 0.2) is 5.75 Å². The van der Waals surface area contributed by atoms with Gasteiger partial charge in [0.25, 0.3) is 0 Å². The molecule has 0 aliphatic rings. The Kier molecular flexibility index (Phi) is 5.93. The molecule has 13 heavy (non-hydrogen) atoms. The molecule has 0 aliphatic carbocycles. The van der Waals surface area contributed by atoms with E-state index in [4.69, 9.17) is 58.0 Å². The average molecular weight is 391 g/mol. The van der Waals surface area contributed by atoms with E-state index in [1.54, 1.807) is 0 Å². The molecular formula is C6H4Cl5OSb. The van der Waals surface area contributed by atoms with E-state index in [1.807, 2.05) is 0 Å². The Morgan fingerprint density at radius 2 is 0.846 bits per heavy atom. The predicted octanol–water partition coefficient (Wildman–Crippen LogP) is 3.48. The summed E-state index contributed by atoms with van der Waals surface area (Å²) >= 11 is 27.9. The standard InChI is InChI=1S/C6HCl5O.Sb.3H/c7-1-2(8)4(10)6(12)5(11)3(1)9;;;;/h12H;;;;. The molecule has 1 aromatic carbocycles. The van der Waals surface area contributed by atoms with Gasteiger partial charge in [0, 0.05) is 0 Å². The summed E-state index contributed by atoms with van der Waals surface area (Å²) in [6.07, 6.45) is 0. The van der Waals surface area contributed by atoms with Crippen LogP contribution < -0.4 is 0 Å². The van der Waals surface area contributed by atoms with E-state index in [2.05, 4.69) is 0 Å². The van der Waals surface area contributed by atoms with Crippen LogP contribution in [0, 0.1) is 0 Å². The molecule has 0 aromatic heterocycles. The van der Waals surface area contributed by atoms with Gasteiger partial charge in [-0.05, 0) is 0 Å². The molecule has 1 aromatic rings. The zero-order valence-corrected chi connectivity index (χ0v) is 13.9. The first kappa shape index (κ1) is 14.3. The summed E-state index contributed by atoms with van der Waals surface area (Å²) in [6.45, 7) is 0. The number of phenolic OH excluding ortho intramolecular Hbond substituents is 1. The van der Waals surface area contributed by atoms with E-state index < -0.39 is 0 Å². The van der Waals surface area contributed by atoms with Crippen molar-refractivity contribution in [2.24, 2.45) is 0 Å². The van der Waals surface area contributed by atoms with Gasteiger partial charge in [-0.3, -0.25) is 0 Å². The average Bonchev–Trinajstić information content (AvgIpc) is 2.08. The van der Waals surface area contributed by atoms with E-state index in [0.29, 0.717) is 0 Å². The first-order chi connectivity index (χ1) is 5.46. The van der Waals surface area contributed by atoms with E-state index in [9.17, 15) is 5.11 Å². The fourth-order valence-corrected chi connectivity index (χ4v) is 1.72. The molecule has 7 heteroatoms.